The molecule has 0 bridgehead atoms. The Morgan fingerprint density at radius 1 is 1.00 bits per heavy atom. The minimum atomic E-state index is -4.93. The molecule has 0 heterocycles. The smallest absolute Gasteiger partial charge is 0.388 e. The van der Waals surface area contributed by atoms with Crippen LogP contribution in [-0.4, -0.2) is 11.7 Å². The number of aliphatic hydroxyl groups excluding tert-OH is 1. The molecule has 1 rings (SSSR count). The van der Waals surface area contributed by atoms with Crippen molar-refractivity contribution in [3.8, 4) is 0 Å². The average Bonchev–Trinajstić information content (AvgIpc) is 2.34. The average molecular weight is 301 g/mol. The number of hydrogen-bond donors (Lipinski definition) is 2. The zero-order valence-electron chi connectivity index (χ0n) is 10.4. The van der Waals surface area contributed by atoms with Crippen molar-refractivity contribution in [3.63, 3.8) is 0 Å². The minimum Gasteiger partial charge on any atom is -0.388 e. The lowest BCUT2D eigenvalue weighted by atomic mass is 9.94. The molecule has 0 spiro atoms. The van der Waals surface area contributed by atoms with Crippen LogP contribution in [0.1, 0.15) is 29.7 Å². The van der Waals surface area contributed by atoms with Gasteiger partial charge in [0.2, 0.25) is 0 Å². The van der Waals surface area contributed by atoms with Crippen LogP contribution < -0.4 is 5.73 Å². The molecule has 0 aliphatic rings. The number of alkyl halides is 6. The molecule has 114 valence electrons. The van der Waals surface area contributed by atoms with Gasteiger partial charge in [-0.15, -0.1) is 0 Å². The van der Waals surface area contributed by atoms with Gasteiger partial charge in [-0.1, -0.05) is 6.92 Å². The lowest BCUT2D eigenvalue weighted by molar-refractivity contribution is -0.143. The predicted molar refractivity (Wildman–Crippen MR) is 59.6 cm³/mol. The van der Waals surface area contributed by atoms with Crippen LogP contribution in [0.2, 0.25) is 0 Å². The Hall–Kier alpha value is -1.28. The van der Waals surface area contributed by atoms with Crippen molar-refractivity contribution in [2.45, 2.75) is 25.4 Å². The highest BCUT2D eigenvalue weighted by Crippen LogP contribution is 2.38. The van der Waals surface area contributed by atoms with Crippen LogP contribution in [0, 0.1) is 5.92 Å². The topological polar surface area (TPSA) is 46.2 Å². The number of halogens is 6. The molecule has 2 atom stereocenters. The Kier molecular flexibility index (Phi) is 4.70. The summed E-state index contributed by atoms with van der Waals surface area (Å²) in [6.45, 7) is 1.36. The Bertz CT molecular complexity index is 436. The summed E-state index contributed by atoms with van der Waals surface area (Å²) in [5.74, 6) is -0.667. The summed E-state index contributed by atoms with van der Waals surface area (Å²) in [5.41, 5.74) is 1.89. The molecule has 0 saturated carbocycles. The third-order valence-electron chi connectivity index (χ3n) is 2.86. The summed E-state index contributed by atoms with van der Waals surface area (Å²) in [7, 11) is 0. The molecule has 0 amide bonds. The molecule has 1 aromatic carbocycles. The quantitative estimate of drug-likeness (QED) is 0.841. The van der Waals surface area contributed by atoms with Gasteiger partial charge in [-0.2, -0.15) is 26.3 Å². The van der Waals surface area contributed by atoms with Crippen LogP contribution >= 0.6 is 0 Å². The molecule has 0 aromatic heterocycles. The second-order valence-electron chi connectivity index (χ2n) is 4.50. The SMILES string of the molecule is C[C@@H](CN)[C@H](O)c1cc(C(F)(F)F)cc(C(F)(F)F)c1. The van der Waals surface area contributed by atoms with Gasteiger partial charge in [-0.25, -0.2) is 0 Å². The molecule has 0 saturated heterocycles. The molecule has 0 aliphatic heterocycles. The van der Waals surface area contributed by atoms with Gasteiger partial charge >= 0.3 is 12.4 Å². The fourth-order valence-corrected chi connectivity index (χ4v) is 1.61. The van der Waals surface area contributed by atoms with Gasteiger partial charge in [0.1, 0.15) is 0 Å². The van der Waals surface area contributed by atoms with Crippen molar-refractivity contribution in [1.82, 2.24) is 0 Å². The van der Waals surface area contributed by atoms with E-state index in [0.29, 0.717) is 12.1 Å². The maximum absolute atomic E-state index is 12.6. The Balaban J connectivity index is 3.38. The van der Waals surface area contributed by atoms with E-state index in [4.69, 9.17) is 5.73 Å². The van der Waals surface area contributed by atoms with Gasteiger partial charge in [-0.3, -0.25) is 0 Å². The van der Waals surface area contributed by atoms with Crippen molar-refractivity contribution >= 4 is 0 Å². The summed E-state index contributed by atoms with van der Waals surface area (Å²) in [5, 5.41) is 9.75. The van der Waals surface area contributed by atoms with Crippen LogP contribution in [0.3, 0.4) is 0 Å². The van der Waals surface area contributed by atoms with Gasteiger partial charge in [-0.05, 0) is 36.2 Å². The minimum absolute atomic E-state index is 0.0172. The fourth-order valence-electron chi connectivity index (χ4n) is 1.61. The highest BCUT2D eigenvalue weighted by Gasteiger charge is 2.37. The van der Waals surface area contributed by atoms with Crippen molar-refractivity contribution < 1.29 is 31.4 Å². The van der Waals surface area contributed by atoms with Crippen LogP contribution in [0.4, 0.5) is 26.3 Å². The van der Waals surface area contributed by atoms with Gasteiger partial charge in [0.25, 0.3) is 0 Å². The lowest BCUT2D eigenvalue weighted by Crippen LogP contribution is -2.20. The predicted octanol–water partition coefficient (Wildman–Crippen LogP) is 3.35. The number of aliphatic hydroxyl groups is 1. The second-order valence-corrected chi connectivity index (χ2v) is 4.50. The Morgan fingerprint density at radius 3 is 1.70 bits per heavy atom. The summed E-state index contributed by atoms with van der Waals surface area (Å²) in [6, 6.07) is 1.03. The summed E-state index contributed by atoms with van der Waals surface area (Å²) < 4.78 is 75.7. The molecular weight excluding hydrogens is 288 g/mol. The van der Waals surface area contributed by atoms with Crippen LogP contribution in [0.15, 0.2) is 18.2 Å². The van der Waals surface area contributed by atoms with Crippen molar-refractivity contribution in [1.29, 1.82) is 0 Å². The van der Waals surface area contributed by atoms with Crippen molar-refractivity contribution in [2.75, 3.05) is 6.54 Å². The van der Waals surface area contributed by atoms with E-state index < -0.39 is 41.1 Å². The normalized spacial score (nSPS) is 16.1. The molecule has 0 fully saturated rings. The number of nitrogens with two attached hydrogens (primary N) is 1. The van der Waals surface area contributed by atoms with E-state index in [1.54, 1.807) is 0 Å². The first-order valence-electron chi connectivity index (χ1n) is 5.64. The molecular formula is C12H13F6NO. The summed E-state index contributed by atoms with van der Waals surface area (Å²) >= 11 is 0. The zero-order chi connectivity index (χ0) is 15.7. The maximum atomic E-state index is 12.6. The molecule has 0 aliphatic carbocycles. The first-order valence-corrected chi connectivity index (χ1v) is 5.64. The highest BCUT2D eigenvalue weighted by molar-refractivity contribution is 5.35. The van der Waals surface area contributed by atoms with Crippen LogP contribution in [0.25, 0.3) is 0 Å². The van der Waals surface area contributed by atoms with E-state index in [-0.39, 0.29) is 12.6 Å². The third-order valence-corrected chi connectivity index (χ3v) is 2.86. The summed E-state index contributed by atoms with van der Waals surface area (Å²) in [6.07, 6.45) is -11.4. The van der Waals surface area contributed by atoms with Gasteiger partial charge in [0.05, 0.1) is 17.2 Å². The molecule has 2 nitrogen and oxygen atoms in total. The second kappa shape index (κ2) is 5.61. The number of benzene rings is 1. The monoisotopic (exact) mass is 301 g/mol. The standard InChI is InChI=1S/C12H13F6NO/c1-6(5-19)10(20)7-2-8(11(13,14)15)4-9(3-7)12(16,17)18/h2-4,6,10,20H,5,19H2,1H3/t6-,10-/m0/s1. The van der Waals surface area contributed by atoms with E-state index in [1.807, 2.05) is 0 Å². The first-order chi connectivity index (χ1) is 8.96. The van der Waals surface area contributed by atoms with Crippen LogP contribution in [-0.2, 0) is 12.4 Å². The lowest BCUT2D eigenvalue weighted by Gasteiger charge is -2.20. The highest BCUT2D eigenvalue weighted by atomic mass is 19.4. The van der Waals surface area contributed by atoms with E-state index in [2.05, 4.69) is 0 Å². The summed E-state index contributed by atoms with van der Waals surface area (Å²) in [4.78, 5) is 0. The molecule has 8 heteroatoms. The Labute approximate surface area is 111 Å². The number of hydrogen-bond acceptors (Lipinski definition) is 2. The van der Waals surface area contributed by atoms with Gasteiger partial charge < -0.3 is 10.8 Å². The zero-order valence-corrected chi connectivity index (χ0v) is 10.4. The van der Waals surface area contributed by atoms with E-state index >= 15 is 0 Å². The van der Waals surface area contributed by atoms with Gasteiger partial charge in [0, 0.05) is 0 Å². The number of rotatable bonds is 3. The Morgan fingerprint density at radius 2 is 1.40 bits per heavy atom. The third kappa shape index (κ3) is 3.86. The molecule has 1 aromatic rings. The molecule has 0 radical (unpaired) electrons. The first kappa shape index (κ1) is 16.8. The largest absolute Gasteiger partial charge is 0.416 e. The van der Waals surface area contributed by atoms with Crippen molar-refractivity contribution in [3.05, 3.63) is 34.9 Å². The maximum Gasteiger partial charge on any atom is 0.416 e. The fraction of sp³-hybridized carbons (Fsp3) is 0.500. The van der Waals surface area contributed by atoms with E-state index in [1.165, 1.54) is 6.92 Å². The van der Waals surface area contributed by atoms with E-state index in [0.717, 1.165) is 0 Å². The van der Waals surface area contributed by atoms with Crippen molar-refractivity contribution in [2.24, 2.45) is 11.7 Å². The molecule has 3 N–H and O–H groups in total. The molecule has 0 unspecified atom stereocenters. The van der Waals surface area contributed by atoms with Crippen LogP contribution in [0.5, 0.6) is 0 Å². The molecule has 20 heavy (non-hydrogen) atoms. The van der Waals surface area contributed by atoms with E-state index in [9.17, 15) is 31.4 Å². The van der Waals surface area contributed by atoms with Gasteiger partial charge in [0.15, 0.2) is 0 Å².